The number of methoxy groups -OCH3 is 1. The zero-order chi connectivity index (χ0) is 18.1. The number of rotatable bonds is 5. The van der Waals surface area contributed by atoms with Gasteiger partial charge in [-0.15, -0.1) is 0 Å². The lowest BCUT2D eigenvalue weighted by Gasteiger charge is -2.19. The first-order valence-electron chi connectivity index (χ1n) is 8.32. The minimum absolute atomic E-state index is 0.160. The summed E-state index contributed by atoms with van der Waals surface area (Å²) in [5.41, 5.74) is 3.88. The second kappa shape index (κ2) is 6.54. The number of benzene rings is 1. The minimum Gasteiger partial charge on any atom is -0.467 e. The number of imidazole rings is 1. The summed E-state index contributed by atoms with van der Waals surface area (Å²) in [5, 5.41) is 13.1. The number of hydrogen-bond donors (Lipinski definition) is 1. The lowest BCUT2D eigenvalue weighted by molar-refractivity contribution is 0.178. The molecule has 0 aliphatic rings. The van der Waals surface area contributed by atoms with Gasteiger partial charge in [-0.3, -0.25) is 4.40 Å². The fourth-order valence-electron chi connectivity index (χ4n) is 3.23. The third-order valence-corrected chi connectivity index (χ3v) is 4.43. The topological polar surface area (TPSA) is 75.5 Å². The summed E-state index contributed by atoms with van der Waals surface area (Å²) in [6, 6.07) is 15.7. The Balaban J connectivity index is 1.93. The van der Waals surface area contributed by atoms with Crippen molar-refractivity contribution in [3.05, 3.63) is 65.6 Å². The Labute approximate surface area is 150 Å². The standard InChI is InChI=1S/C20H18N4O2/c1-13-10-19(22-16(12-25-2)18-8-5-9-26-18)24-17-7-4-3-6-15(17)23-20(24)14(13)11-21/h3-10,16,22H,12H2,1-2H3/t16-/m0/s1. The predicted molar refractivity (Wildman–Crippen MR) is 99.1 cm³/mol. The first-order chi connectivity index (χ1) is 12.7. The number of hydrogen-bond acceptors (Lipinski definition) is 5. The van der Waals surface area contributed by atoms with Gasteiger partial charge in [0, 0.05) is 7.11 Å². The first kappa shape index (κ1) is 16.2. The van der Waals surface area contributed by atoms with Crippen LogP contribution < -0.4 is 5.32 Å². The molecule has 6 nitrogen and oxygen atoms in total. The van der Waals surface area contributed by atoms with Crippen molar-refractivity contribution < 1.29 is 9.15 Å². The van der Waals surface area contributed by atoms with Crippen LogP contribution in [0.3, 0.4) is 0 Å². The van der Waals surface area contributed by atoms with Crippen LogP contribution in [0.15, 0.2) is 53.1 Å². The number of ether oxygens (including phenoxy) is 1. The maximum Gasteiger partial charge on any atom is 0.157 e. The van der Waals surface area contributed by atoms with E-state index in [2.05, 4.69) is 16.4 Å². The molecule has 0 unspecified atom stereocenters. The summed E-state index contributed by atoms with van der Waals surface area (Å²) in [4.78, 5) is 4.67. The van der Waals surface area contributed by atoms with E-state index < -0.39 is 0 Å². The van der Waals surface area contributed by atoms with Crippen LogP contribution in [0.2, 0.25) is 0 Å². The van der Waals surface area contributed by atoms with Crippen LogP contribution in [0.25, 0.3) is 16.7 Å². The van der Waals surface area contributed by atoms with E-state index in [0.29, 0.717) is 17.8 Å². The van der Waals surface area contributed by atoms with Crippen LogP contribution in [-0.4, -0.2) is 23.1 Å². The second-order valence-corrected chi connectivity index (χ2v) is 6.13. The molecule has 0 saturated heterocycles. The maximum atomic E-state index is 9.59. The van der Waals surface area contributed by atoms with Crippen molar-refractivity contribution in [2.24, 2.45) is 0 Å². The number of nitrogens with one attached hydrogen (secondary N) is 1. The second-order valence-electron chi connectivity index (χ2n) is 6.13. The van der Waals surface area contributed by atoms with Crippen molar-refractivity contribution in [3.8, 4) is 6.07 Å². The third-order valence-electron chi connectivity index (χ3n) is 4.43. The average Bonchev–Trinajstić information content (AvgIpc) is 3.29. The normalized spacial score (nSPS) is 12.3. The van der Waals surface area contributed by atoms with Crippen LogP contribution in [-0.2, 0) is 4.74 Å². The number of nitriles is 1. The van der Waals surface area contributed by atoms with Gasteiger partial charge in [0.2, 0.25) is 0 Å². The molecule has 1 N–H and O–H groups in total. The van der Waals surface area contributed by atoms with Crippen LogP contribution in [0.1, 0.15) is 22.9 Å². The molecule has 1 atom stereocenters. The van der Waals surface area contributed by atoms with E-state index in [4.69, 9.17) is 9.15 Å². The van der Waals surface area contributed by atoms with Crippen molar-refractivity contribution in [2.45, 2.75) is 13.0 Å². The molecule has 1 aromatic carbocycles. The summed E-state index contributed by atoms with van der Waals surface area (Å²) in [6.07, 6.45) is 1.64. The largest absolute Gasteiger partial charge is 0.467 e. The highest BCUT2D eigenvalue weighted by Gasteiger charge is 2.19. The van der Waals surface area contributed by atoms with Gasteiger partial charge >= 0.3 is 0 Å². The molecule has 4 aromatic rings. The Morgan fingerprint density at radius 2 is 2.15 bits per heavy atom. The van der Waals surface area contributed by atoms with E-state index in [1.165, 1.54) is 0 Å². The molecule has 4 rings (SSSR count). The molecule has 6 heteroatoms. The Morgan fingerprint density at radius 1 is 1.31 bits per heavy atom. The Morgan fingerprint density at radius 3 is 2.88 bits per heavy atom. The van der Waals surface area contributed by atoms with Crippen LogP contribution in [0.5, 0.6) is 0 Å². The van der Waals surface area contributed by atoms with E-state index in [9.17, 15) is 5.26 Å². The van der Waals surface area contributed by atoms with Crippen LogP contribution >= 0.6 is 0 Å². The quantitative estimate of drug-likeness (QED) is 0.590. The molecule has 3 aromatic heterocycles. The van der Waals surface area contributed by atoms with Crippen molar-refractivity contribution in [1.82, 2.24) is 9.38 Å². The highest BCUT2D eigenvalue weighted by molar-refractivity contribution is 5.85. The van der Waals surface area contributed by atoms with E-state index in [0.717, 1.165) is 28.2 Å². The SMILES string of the molecule is COC[C@H](Nc1cc(C)c(C#N)c2nc3ccccc3n12)c1ccco1. The molecule has 26 heavy (non-hydrogen) atoms. The van der Waals surface area contributed by atoms with Gasteiger partial charge in [-0.25, -0.2) is 4.98 Å². The Hall–Kier alpha value is -3.30. The van der Waals surface area contributed by atoms with Crippen LogP contribution in [0, 0.1) is 18.3 Å². The summed E-state index contributed by atoms with van der Waals surface area (Å²) in [6.45, 7) is 2.36. The van der Waals surface area contributed by atoms with Crippen LogP contribution in [0.4, 0.5) is 5.82 Å². The molecule has 0 bridgehead atoms. The number of anilines is 1. The lowest BCUT2D eigenvalue weighted by atomic mass is 10.1. The van der Waals surface area contributed by atoms with Crippen molar-refractivity contribution in [1.29, 1.82) is 5.26 Å². The molecule has 0 aliphatic heterocycles. The highest BCUT2D eigenvalue weighted by atomic mass is 16.5. The Bertz CT molecular complexity index is 1110. The molecule has 0 saturated carbocycles. The van der Waals surface area contributed by atoms with Crippen molar-refractivity contribution in [2.75, 3.05) is 19.0 Å². The van der Waals surface area contributed by atoms with Gasteiger partial charge in [-0.1, -0.05) is 12.1 Å². The van der Waals surface area contributed by atoms with Gasteiger partial charge in [0.05, 0.1) is 29.5 Å². The molecule has 0 aliphatic carbocycles. The molecule has 130 valence electrons. The fourth-order valence-corrected chi connectivity index (χ4v) is 3.23. The van der Waals surface area contributed by atoms with Gasteiger partial charge in [0.25, 0.3) is 0 Å². The van der Waals surface area contributed by atoms with Crippen molar-refractivity contribution in [3.63, 3.8) is 0 Å². The summed E-state index contributed by atoms with van der Waals surface area (Å²) in [7, 11) is 1.66. The number of fused-ring (bicyclic) bond motifs is 3. The molecule has 0 spiro atoms. The van der Waals surface area contributed by atoms with E-state index in [1.807, 2.05) is 53.8 Å². The zero-order valence-corrected chi connectivity index (χ0v) is 14.6. The fraction of sp³-hybridized carbons (Fsp3) is 0.200. The monoisotopic (exact) mass is 346 g/mol. The third kappa shape index (κ3) is 2.59. The molecule has 0 amide bonds. The number of para-hydroxylation sites is 2. The summed E-state index contributed by atoms with van der Waals surface area (Å²) >= 11 is 0. The van der Waals surface area contributed by atoms with Crippen molar-refractivity contribution >= 4 is 22.5 Å². The molecular formula is C20H18N4O2. The number of aryl methyl sites for hydroxylation is 1. The van der Waals surface area contributed by atoms with Gasteiger partial charge in [-0.2, -0.15) is 5.26 Å². The van der Waals surface area contributed by atoms with Gasteiger partial charge < -0.3 is 14.5 Å². The summed E-state index contributed by atoms with van der Waals surface area (Å²) < 4.78 is 12.9. The van der Waals surface area contributed by atoms with E-state index >= 15 is 0 Å². The van der Waals surface area contributed by atoms with E-state index in [1.54, 1.807) is 13.4 Å². The number of aromatic nitrogens is 2. The minimum atomic E-state index is -0.160. The molecule has 0 radical (unpaired) electrons. The Kier molecular flexibility index (Phi) is 4.07. The predicted octanol–water partition coefficient (Wildman–Crippen LogP) is 4.06. The molecule has 3 heterocycles. The maximum absolute atomic E-state index is 9.59. The van der Waals surface area contributed by atoms with Gasteiger partial charge in [0.1, 0.15) is 23.7 Å². The average molecular weight is 346 g/mol. The van der Waals surface area contributed by atoms with Gasteiger partial charge in [0.15, 0.2) is 5.65 Å². The number of furan rings is 1. The lowest BCUT2D eigenvalue weighted by Crippen LogP contribution is -2.18. The summed E-state index contributed by atoms with van der Waals surface area (Å²) in [5.74, 6) is 1.62. The molecule has 0 fully saturated rings. The van der Waals surface area contributed by atoms with E-state index in [-0.39, 0.29) is 6.04 Å². The van der Waals surface area contributed by atoms with Gasteiger partial charge in [-0.05, 0) is 42.8 Å². The highest BCUT2D eigenvalue weighted by Crippen LogP contribution is 2.29. The zero-order valence-electron chi connectivity index (χ0n) is 14.6. The number of pyridine rings is 1. The molecular weight excluding hydrogens is 328 g/mol. The smallest absolute Gasteiger partial charge is 0.157 e. The first-order valence-corrected chi connectivity index (χ1v) is 8.32. The number of nitrogens with zero attached hydrogens (tertiary/aromatic N) is 3.